The van der Waals surface area contributed by atoms with Gasteiger partial charge in [-0.1, -0.05) is 54.0 Å². The number of thioether (sulfide) groups is 1. The molecule has 1 amide bonds. The molecule has 1 fully saturated rings. The maximum Gasteiger partial charge on any atom is 0.266 e. The van der Waals surface area contributed by atoms with Crippen molar-refractivity contribution in [3.8, 4) is 5.69 Å². The fourth-order valence-corrected chi connectivity index (χ4v) is 5.30. The van der Waals surface area contributed by atoms with Crippen molar-refractivity contribution in [3.05, 3.63) is 62.9 Å². The van der Waals surface area contributed by atoms with Crippen LogP contribution < -0.4 is 10.9 Å². The zero-order valence-corrected chi connectivity index (χ0v) is 20.7. The number of benzene rings is 2. The molecule has 33 heavy (non-hydrogen) atoms. The molecule has 4 rings (SSSR count). The van der Waals surface area contributed by atoms with Crippen LogP contribution in [0, 0.1) is 0 Å². The maximum absolute atomic E-state index is 13.4. The number of para-hydroxylation sites is 1. The molecule has 2 aromatic carbocycles. The van der Waals surface area contributed by atoms with Gasteiger partial charge >= 0.3 is 0 Å². The van der Waals surface area contributed by atoms with Crippen LogP contribution in [-0.4, -0.2) is 51.8 Å². The van der Waals surface area contributed by atoms with Crippen LogP contribution in [0.1, 0.15) is 26.2 Å². The number of amides is 1. The van der Waals surface area contributed by atoms with E-state index >= 15 is 0 Å². The van der Waals surface area contributed by atoms with Gasteiger partial charge in [-0.15, -0.1) is 0 Å². The molecule has 1 aromatic heterocycles. The molecule has 0 spiro atoms. The van der Waals surface area contributed by atoms with Crippen molar-refractivity contribution in [2.24, 2.45) is 0 Å². The molecule has 6 nitrogen and oxygen atoms in total. The zero-order valence-electron chi connectivity index (χ0n) is 18.4. The number of likely N-dealkylation sites (tertiary alicyclic amines) is 1. The average molecular weight is 505 g/mol. The summed E-state index contributed by atoms with van der Waals surface area (Å²) in [6.45, 7) is 5.62. The van der Waals surface area contributed by atoms with Gasteiger partial charge in [-0.25, -0.2) is 4.98 Å². The molecule has 174 valence electrons. The van der Waals surface area contributed by atoms with Crippen LogP contribution >= 0.6 is 35.0 Å². The minimum Gasteiger partial charge on any atom is -0.354 e. The van der Waals surface area contributed by atoms with Gasteiger partial charge in [0.05, 0.1) is 31.9 Å². The standard InChI is InChI=1S/C24H26Cl2N4O2S/c1-2-21(22(31)27-11-14-29-12-5-6-13-29)33-24-28-20-8-4-3-7-17(20)23(32)30(24)16-9-10-18(25)19(26)15-16/h3-4,7-10,15,21H,2,5-6,11-14H2,1H3,(H,27,31). The third kappa shape index (κ3) is 5.54. The number of fused-ring (bicyclic) bond motifs is 1. The highest BCUT2D eigenvalue weighted by atomic mass is 35.5. The normalized spacial score (nSPS) is 15.1. The van der Waals surface area contributed by atoms with Crippen molar-refractivity contribution in [2.75, 3.05) is 26.2 Å². The van der Waals surface area contributed by atoms with Crippen LogP contribution in [-0.2, 0) is 4.79 Å². The topological polar surface area (TPSA) is 67.2 Å². The molecule has 9 heteroatoms. The van der Waals surface area contributed by atoms with Crippen LogP contribution in [0.3, 0.4) is 0 Å². The van der Waals surface area contributed by atoms with Gasteiger partial charge in [0, 0.05) is 13.1 Å². The molecule has 1 atom stereocenters. The summed E-state index contributed by atoms with van der Waals surface area (Å²) in [6, 6.07) is 12.2. The smallest absolute Gasteiger partial charge is 0.266 e. The Balaban J connectivity index is 1.64. The summed E-state index contributed by atoms with van der Waals surface area (Å²) in [5.41, 5.74) is 0.927. The summed E-state index contributed by atoms with van der Waals surface area (Å²) < 4.78 is 1.51. The zero-order chi connectivity index (χ0) is 23.4. The fourth-order valence-electron chi connectivity index (χ4n) is 3.95. The minimum atomic E-state index is -0.384. The van der Waals surface area contributed by atoms with Gasteiger partial charge in [0.1, 0.15) is 0 Å². The van der Waals surface area contributed by atoms with Gasteiger partial charge in [0.25, 0.3) is 5.56 Å². The van der Waals surface area contributed by atoms with E-state index in [2.05, 4.69) is 10.2 Å². The number of carbonyl (C=O) groups excluding carboxylic acids is 1. The molecular weight excluding hydrogens is 479 g/mol. The van der Waals surface area contributed by atoms with E-state index < -0.39 is 0 Å². The highest BCUT2D eigenvalue weighted by Gasteiger charge is 2.23. The molecule has 1 N–H and O–H groups in total. The predicted octanol–water partition coefficient (Wildman–Crippen LogP) is 4.78. The van der Waals surface area contributed by atoms with Gasteiger partial charge in [-0.2, -0.15) is 0 Å². The number of halogens is 2. The van der Waals surface area contributed by atoms with Gasteiger partial charge < -0.3 is 10.2 Å². The van der Waals surface area contributed by atoms with Crippen LogP contribution in [0.5, 0.6) is 0 Å². The lowest BCUT2D eigenvalue weighted by molar-refractivity contribution is -0.120. The first-order valence-electron chi connectivity index (χ1n) is 11.1. The van der Waals surface area contributed by atoms with Crippen LogP contribution in [0.15, 0.2) is 52.4 Å². The van der Waals surface area contributed by atoms with E-state index in [1.54, 1.807) is 36.4 Å². The fraction of sp³-hybridized carbons (Fsp3) is 0.375. The van der Waals surface area contributed by atoms with Crippen molar-refractivity contribution in [2.45, 2.75) is 36.6 Å². The largest absolute Gasteiger partial charge is 0.354 e. The van der Waals surface area contributed by atoms with Crippen molar-refractivity contribution in [3.63, 3.8) is 0 Å². The third-order valence-electron chi connectivity index (χ3n) is 5.74. The Morgan fingerprint density at radius 1 is 1.15 bits per heavy atom. The van der Waals surface area contributed by atoms with Crippen LogP contribution in [0.2, 0.25) is 10.0 Å². The second kappa shape index (κ2) is 10.9. The average Bonchev–Trinajstić information content (AvgIpc) is 3.33. The van der Waals surface area contributed by atoms with E-state index in [9.17, 15) is 9.59 Å². The van der Waals surface area contributed by atoms with Crippen molar-refractivity contribution in [1.82, 2.24) is 19.8 Å². The predicted molar refractivity (Wildman–Crippen MR) is 136 cm³/mol. The highest BCUT2D eigenvalue weighted by molar-refractivity contribution is 8.00. The Morgan fingerprint density at radius 2 is 1.91 bits per heavy atom. The first-order chi connectivity index (χ1) is 16.0. The number of nitrogens with zero attached hydrogens (tertiary/aromatic N) is 3. The summed E-state index contributed by atoms with van der Waals surface area (Å²) in [4.78, 5) is 33.5. The molecule has 3 aromatic rings. The summed E-state index contributed by atoms with van der Waals surface area (Å²) >= 11 is 13.6. The van der Waals surface area contributed by atoms with E-state index in [-0.39, 0.29) is 16.7 Å². The number of hydrogen-bond acceptors (Lipinski definition) is 5. The Hall–Kier alpha value is -2.06. The van der Waals surface area contributed by atoms with Gasteiger partial charge in [-0.05, 0) is 62.7 Å². The molecule has 1 aliphatic heterocycles. The Labute approximate surface area is 207 Å². The SMILES string of the molecule is CCC(Sc1nc2ccccc2c(=O)n1-c1ccc(Cl)c(Cl)c1)C(=O)NCCN1CCCC1. The minimum absolute atomic E-state index is 0.0511. The summed E-state index contributed by atoms with van der Waals surface area (Å²) in [5, 5.41) is 4.36. The lowest BCUT2D eigenvalue weighted by Crippen LogP contribution is -2.38. The lowest BCUT2D eigenvalue weighted by atomic mass is 10.2. The Kier molecular flexibility index (Phi) is 7.96. The Morgan fingerprint density at radius 3 is 2.64 bits per heavy atom. The second-order valence-electron chi connectivity index (χ2n) is 8.01. The highest BCUT2D eigenvalue weighted by Crippen LogP contribution is 2.29. The number of hydrogen-bond donors (Lipinski definition) is 1. The summed E-state index contributed by atoms with van der Waals surface area (Å²) in [5.74, 6) is -0.0511. The van der Waals surface area contributed by atoms with Crippen LogP contribution in [0.25, 0.3) is 16.6 Å². The molecule has 1 aliphatic rings. The van der Waals surface area contributed by atoms with E-state index in [1.807, 2.05) is 13.0 Å². The van der Waals surface area contributed by atoms with Gasteiger partial charge in [0.2, 0.25) is 5.91 Å². The summed E-state index contributed by atoms with van der Waals surface area (Å²) in [7, 11) is 0. The summed E-state index contributed by atoms with van der Waals surface area (Å²) in [6.07, 6.45) is 3.05. The van der Waals surface area contributed by atoms with Gasteiger partial charge in [0.15, 0.2) is 5.16 Å². The molecule has 2 heterocycles. The molecule has 1 saturated heterocycles. The lowest BCUT2D eigenvalue weighted by Gasteiger charge is -2.19. The quantitative estimate of drug-likeness (QED) is 0.353. The van der Waals surface area contributed by atoms with Crippen molar-refractivity contribution >= 4 is 51.8 Å². The first kappa shape index (κ1) is 24.1. The third-order valence-corrected chi connectivity index (χ3v) is 7.80. The number of aromatic nitrogens is 2. The van der Waals surface area contributed by atoms with Gasteiger partial charge in [-0.3, -0.25) is 14.2 Å². The van der Waals surface area contributed by atoms with E-state index in [4.69, 9.17) is 28.2 Å². The molecule has 1 unspecified atom stereocenters. The van der Waals surface area contributed by atoms with Crippen molar-refractivity contribution < 1.29 is 4.79 Å². The van der Waals surface area contributed by atoms with E-state index in [0.717, 1.165) is 19.6 Å². The van der Waals surface area contributed by atoms with E-state index in [0.29, 0.717) is 44.8 Å². The molecule has 0 aliphatic carbocycles. The number of nitrogens with one attached hydrogen (secondary N) is 1. The molecule has 0 radical (unpaired) electrons. The molecular formula is C24H26Cl2N4O2S. The number of rotatable bonds is 8. The van der Waals surface area contributed by atoms with Crippen LogP contribution in [0.4, 0.5) is 0 Å². The maximum atomic E-state index is 13.4. The van der Waals surface area contributed by atoms with E-state index in [1.165, 1.54) is 29.2 Å². The monoisotopic (exact) mass is 504 g/mol. The first-order valence-corrected chi connectivity index (χ1v) is 12.8. The molecule has 0 bridgehead atoms. The van der Waals surface area contributed by atoms with Crippen molar-refractivity contribution in [1.29, 1.82) is 0 Å². The second-order valence-corrected chi connectivity index (χ2v) is 9.99. The Bertz CT molecular complexity index is 1210. The number of carbonyl (C=O) groups is 1. The molecule has 0 saturated carbocycles.